The molecule has 1 aromatic heterocycles. The van der Waals surface area contributed by atoms with E-state index in [4.69, 9.17) is 5.26 Å². The molecule has 0 saturated carbocycles. The summed E-state index contributed by atoms with van der Waals surface area (Å²) in [6.07, 6.45) is 0.633. The van der Waals surface area contributed by atoms with Crippen molar-refractivity contribution in [3.05, 3.63) is 29.1 Å². The van der Waals surface area contributed by atoms with Crippen molar-refractivity contribution in [3.63, 3.8) is 0 Å². The largest absolute Gasteiger partial charge is 0.296 e. The zero-order valence-electron chi connectivity index (χ0n) is 6.03. The van der Waals surface area contributed by atoms with E-state index < -0.39 is 0 Å². The monoisotopic (exact) mass is 146 g/mol. The third kappa shape index (κ3) is 1.62. The SMILES string of the molecule is Cc1cc(C#N)nc(C=O)c1. The lowest BCUT2D eigenvalue weighted by Gasteiger charge is -1.93. The Morgan fingerprint density at radius 1 is 1.64 bits per heavy atom. The summed E-state index contributed by atoms with van der Waals surface area (Å²) in [4.78, 5) is 14.0. The number of pyridine rings is 1. The van der Waals surface area contributed by atoms with E-state index in [1.165, 1.54) is 0 Å². The lowest BCUT2D eigenvalue weighted by atomic mass is 10.2. The Labute approximate surface area is 64.3 Å². The van der Waals surface area contributed by atoms with Crippen LogP contribution < -0.4 is 0 Å². The van der Waals surface area contributed by atoms with Crippen LogP contribution in [0.15, 0.2) is 12.1 Å². The maximum atomic E-state index is 10.3. The molecule has 1 aromatic rings. The second-order valence-corrected chi connectivity index (χ2v) is 2.18. The molecule has 0 aromatic carbocycles. The van der Waals surface area contributed by atoms with Gasteiger partial charge in [-0.15, -0.1) is 0 Å². The molecule has 0 atom stereocenters. The maximum absolute atomic E-state index is 10.3. The summed E-state index contributed by atoms with van der Waals surface area (Å²) in [6, 6.07) is 5.14. The minimum Gasteiger partial charge on any atom is -0.296 e. The van der Waals surface area contributed by atoms with Crippen molar-refractivity contribution in [2.75, 3.05) is 0 Å². The number of aldehydes is 1. The molecule has 0 saturated heterocycles. The number of aromatic nitrogens is 1. The minimum atomic E-state index is 0.284. The van der Waals surface area contributed by atoms with Gasteiger partial charge in [-0.25, -0.2) is 4.98 Å². The van der Waals surface area contributed by atoms with Crippen LogP contribution in [0.25, 0.3) is 0 Å². The van der Waals surface area contributed by atoms with Crippen molar-refractivity contribution >= 4 is 6.29 Å². The smallest absolute Gasteiger partial charge is 0.168 e. The van der Waals surface area contributed by atoms with E-state index in [9.17, 15) is 4.79 Å². The Morgan fingerprint density at radius 2 is 2.36 bits per heavy atom. The minimum absolute atomic E-state index is 0.284. The summed E-state index contributed by atoms with van der Waals surface area (Å²) >= 11 is 0. The molecule has 0 spiro atoms. The Hall–Kier alpha value is -1.69. The van der Waals surface area contributed by atoms with E-state index in [1.807, 2.05) is 13.0 Å². The molecule has 1 heterocycles. The van der Waals surface area contributed by atoms with Crippen LogP contribution in [0, 0.1) is 18.3 Å². The number of nitrogens with zero attached hydrogens (tertiary/aromatic N) is 2. The molecule has 3 nitrogen and oxygen atoms in total. The molecule has 11 heavy (non-hydrogen) atoms. The zero-order valence-corrected chi connectivity index (χ0v) is 6.03. The fraction of sp³-hybridized carbons (Fsp3) is 0.125. The molecule has 1 rings (SSSR count). The van der Waals surface area contributed by atoms with Crippen molar-refractivity contribution in [1.29, 1.82) is 5.26 Å². The number of hydrogen-bond acceptors (Lipinski definition) is 3. The van der Waals surface area contributed by atoms with E-state index in [-0.39, 0.29) is 5.69 Å². The highest BCUT2D eigenvalue weighted by Gasteiger charge is 1.96. The van der Waals surface area contributed by atoms with Gasteiger partial charge in [0, 0.05) is 0 Å². The van der Waals surface area contributed by atoms with Crippen molar-refractivity contribution in [2.24, 2.45) is 0 Å². The first kappa shape index (κ1) is 7.42. The highest BCUT2D eigenvalue weighted by Crippen LogP contribution is 2.01. The van der Waals surface area contributed by atoms with Crippen molar-refractivity contribution in [2.45, 2.75) is 6.92 Å². The molecule has 0 fully saturated rings. The van der Waals surface area contributed by atoms with Crippen molar-refractivity contribution in [1.82, 2.24) is 4.98 Å². The summed E-state index contributed by atoms with van der Waals surface area (Å²) < 4.78 is 0. The van der Waals surface area contributed by atoms with Gasteiger partial charge in [-0.2, -0.15) is 5.26 Å². The molecule has 0 bridgehead atoms. The summed E-state index contributed by atoms with van der Waals surface area (Å²) in [5.41, 5.74) is 1.47. The van der Waals surface area contributed by atoms with Crippen molar-refractivity contribution in [3.8, 4) is 6.07 Å². The number of hydrogen-bond donors (Lipinski definition) is 0. The number of nitriles is 1. The predicted octanol–water partition coefficient (Wildman–Crippen LogP) is 1.07. The fourth-order valence-corrected chi connectivity index (χ4v) is 0.812. The lowest BCUT2D eigenvalue weighted by Crippen LogP contribution is -1.91. The summed E-state index contributed by atoms with van der Waals surface area (Å²) in [7, 11) is 0. The number of carbonyl (C=O) groups is 1. The van der Waals surface area contributed by atoms with E-state index in [0.29, 0.717) is 12.0 Å². The Kier molecular flexibility index (Phi) is 1.98. The molecule has 0 radical (unpaired) electrons. The van der Waals surface area contributed by atoms with E-state index in [0.717, 1.165) is 5.56 Å². The zero-order chi connectivity index (χ0) is 8.27. The highest BCUT2D eigenvalue weighted by atomic mass is 16.1. The summed E-state index contributed by atoms with van der Waals surface area (Å²) in [6.45, 7) is 1.82. The highest BCUT2D eigenvalue weighted by molar-refractivity contribution is 5.72. The van der Waals surface area contributed by atoms with Gasteiger partial charge in [-0.05, 0) is 24.6 Å². The predicted molar refractivity (Wildman–Crippen MR) is 39.1 cm³/mol. The van der Waals surface area contributed by atoms with Crippen LogP contribution in [-0.2, 0) is 0 Å². The van der Waals surface area contributed by atoms with E-state index in [1.54, 1.807) is 12.1 Å². The second kappa shape index (κ2) is 2.93. The third-order valence-corrected chi connectivity index (χ3v) is 1.22. The van der Waals surface area contributed by atoms with Crippen LogP contribution in [0.5, 0.6) is 0 Å². The Balaban J connectivity index is 3.25. The maximum Gasteiger partial charge on any atom is 0.168 e. The van der Waals surface area contributed by atoms with Crippen molar-refractivity contribution < 1.29 is 4.79 Å². The first-order valence-electron chi connectivity index (χ1n) is 3.10. The van der Waals surface area contributed by atoms with Crippen LogP contribution >= 0.6 is 0 Å². The average molecular weight is 146 g/mol. The molecule has 0 aliphatic rings. The first-order valence-corrected chi connectivity index (χ1v) is 3.10. The third-order valence-electron chi connectivity index (χ3n) is 1.22. The molecule has 0 amide bonds. The molecular formula is C8H6N2O. The fourth-order valence-electron chi connectivity index (χ4n) is 0.812. The van der Waals surface area contributed by atoms with E-state index in [2.05, 4.69) is 4.98 Å². The first-order chi connectivity index (χ1) is 5.26. The standard InChI is InChI=1S/C8H6N2O/c1-6-2-7(4-9)10-8(3-6)5-11/h2-3,5H,1H3. The Bertz CT molecular complexity index is 325. The normalized spacial score (nSPS) is 8.73. The van der Waals surface area contributed by atoms with Gasteiger partial charge in [0.1, 0.15) is 17.5 Å². The van der Waals surface area contributed by atoms with Crippen LogP contribution in [0.3, 0.4) is 0 Å². The van der Waals surface area contributed by atoms with Crippen LogP contribution in [0.2, 0.25) is 0 Å². The quantitative estimate of drug-likeness (QED) is 0.557. The number of carbonyl (C=O) groups excluding carboxylic acids is 1. The second-order valence-electron chi connectivity index (χ2n) is 2.18. The van der Waals surface area contributed by atoms with Gasteiger partial charge in [-0.3, -0.25) is 4.79 Å². The van der Waals surface area contributed by atoms with Crippen LogP contribution in [0.1, 0.15) is 21.7 Å². The summed E-state index contributed by atoms with van der Waals surface area (Å²) in [5.74, 6) is 0. The van der Waals surface area contributed by atoms with Gasteiger partial charge < -0.3 is 0 Å². The Morgan fingerprint density at radius 3 is 2.91 bits per heavy atom. The average Bonchev–Trinajstić information content (AvgIpc) is 2.03. The molecule has 0 aliphatic heterocycles. The molecule has 0 unspecified atom stereocenters. The van der Waals surface area contributed by atoms with Gasteiger partial charge in [-0.1, -0.05) is 0 Å². The molecule has 0 N–H and O–H groups in total. The van der Waals surface area contributed by atoms with Crippen LogP contribution in [0.4, 0.5) is 0 Å². The number of rotatable bonds is 1. The molecule has 0 aliphatic carbocycles. The van der Waals surface area contributed by atoms with Gasteiger partial charge in [0.15, 0.2) is 6.29 Å². The molecule has 3 heteroatoms. The lowest BCUT2D eigenvalue weighted by molar-refractivity contribution is 0.111. The number of aryl methyl sites for hydroxylation is 1. The summed E-state index contributed by atoms with van der Waals surface area (Å²) in [5, 5.41) is 8.45. The molecular weight excluding hydrogens is 140 g/mol. The van der Waals surface area contributed by atoms with Gasteiger partial charge in [0.05, 0.1) is 0 Å². The van der Waals surface area contributed by atoms with Gasteiger partial charge in [0.25, 0.3) is 0 Å². The van der Waals surface area contributed by atoms with Crippen LogP contribution in [-0.4, -0.2) is 11.3 Å². The van der Waals surface area contributed by atoms with Gasteiger partial charge >= 0.3 is 0 Å². The van der Waals surface area contributed by atoms with E-state index >= 15 is 0 Å². The topological polar surface area (TPSA) is 53.8 Å². The molecule has 54 valence electrons. The van der Waals surface area contributed by atoms with Gasteiger partial charge in [0.2, 0.25) is 0 Å².